The highest BCUT2D eigenvalue weighted by Crippen LogP contribution is 2.26. The van der Waals surface area contributed by atoms with E-state index in [1.807, 2.05) is 36.6 Å². The topological polar surface area (TPSA) is 83.4 Å². The standard InChI is InChI=1S/C16H16N4O2S/c1-10-4-2-3-5-12(10)16-18-11(9-23-16)8-17-15(22)13-6-7-14(21)20-19-13/h2-5,9H,6-8H2,1H3,(H,17,22)(H,20,21). The maximum atomic E-state index is 12.0. The van der Waals surface area contributed by atoms with Gasteiger partial charge in [0, 0.05) is 23.8 Å². The van der Waals surface area contributed by atoms with Crippen molar-refractivity contribution in [2.24, 2.45) is 5.10 Å². The summed E-state index contributed by atoms with van der Waals surface area (Å²) < 4.78 is 0. The molecule has 0 aliphatic carbocycles. The van der Waals surface area contributed by atoms with Gasteiger partial charge in [0.25, 0.3) is 5.91 Å². The quantitative estimate of drug-likeness (QED) is 0.900. The molecule has 7 heteroatoms. The molecule has 1 aliphatic heterocycles. The van der Waals surface area contributed by atoms with Gasteiger partial charge >= 0.3 is 0 Å². The van der Waals surface area contributed by atoms with Crippen LogP contribution in [0.25, 0.3) is 10.6 Å². The van der Waals surface area contributed by atoms with Gasteiger partial charge in [-0.2, -0.15) is 5.10 Å². The zero-order valence-electron chi connectivity index (χ0n) is 12.6. The van der Waals surface area contributed by atoms with Crippen molar-refractivity contribution < 1.29 is 9.59 Å². The van der Waals surface area contributed by atoms with Crippen LogP contribution in [0.15, 0.2) is 34.7 Å². The lowest BCUT2D eigenvalue weighted by Gasteiger charge is -2.11. The predicted octanol–water partition coefficient (Wildman–Crippen LogP) is 2.00. The number of hydrazone groups is 1. The van der Waals surface area contributed by atoms with E-state index in [9.17, 15) is 9.59 Å². The second-order valence-electron chi connectivity index (χ2n) is 5.24. The average Bonchev–Trinajstić information content (AvgIpc) is 3.02. The fourth-order valence-electron chi connectivity index (χ4n) is 2.24. The molecule has 23 heavy (non-hydrogen) atoms. The molecular formula is C16H16N4O2S. The maximum Gasteiger partial charge on any atom is 0.267 e. The Kier molecular flexibility index (Phi) is 4.47. The lowest BCUT2D eigenvalue weighted by atomic mass is 10.1. The van der Waals surface area contributed by atoms with Gasteiger partial charge < -0.3 is 5.32 Å². The van der Waals surface area contributed by atoms with Crippen molar-refractivity contribution in [2.45, 2.75) is 26.3 Å². The normalized spacial score (nSPS) is 14.1. The van der Waals surface area contributed by atoms with E-state index in [2.05, 4.69) is 20.8 Å². The zero-order chi connectivity index (χ0) is 16.2. The number of rotatable bonds is 4. The number of aromatic nitrogens is 1. The number of nitrogens with one attached hydrogen (secondary N) is 2. The molecule has 6 nitrogen and oxygen atoms in total. The van der Waals surface area contributed by atoms with Crippen molar-refractivity contribution in [1.82, 2.24) is 15.7 Å². The zero-order valence-corrected chi connectivity index (χ0v) is 13.4. The van der Waals surface area contributed by atoms with E-state index in [1.54, 1.807) is 11.3 Å². The third-order valence-electron chi connectivity index (χ3n) is 3.52. The molecule has 0 saturated heterocycles. The molecule has 0 atom stereocenters. The summed E-state index contributed by atoms with van der Waals surface area (Å²) in [5, 5.41) is 9.44. The minimum atomic E-state index is -0.268. The summed E-state index contributed by atoms with van der Waals surface area (Å²) in [5.41, 5.74) is 5.75. The third-order valence-corrected chi connectivity index (χ3v) is 4.45. The first-order valence-corrected chi connectivity index (χ1v) is 8.15. The Morgan fingerprint density at radius 3 is 2.91 bits per heavy atom. The molecule has 0 spiro atoms. The van der Waals surface area contributed by atoms with Gasteiger partial charge in [0.05, 0.1) is 12.2 Å². The second-order valence-corrected chi connectivity index (χ2v) is 6.09. The van der Waals surface area contributed by atoms with Gasteiger partial charge in [-0.1, -0.05) is 24.3 Å². The Labute approximate surface area is 137 Å². The highest BCUT2D eigenvalue weighted by molar-refractivity contribution is 7.13. The predicted molar refractivity (Wildman–Crippen MR) is 88.9 cm³/mol. The van der Waals surface area contributed by atoms with Crippen LogP contribution >= 0.6 is 11.3 Å². The van der Waals surface area contributed by atoms with Crippen LogP contribution in [-0.4, -0.2) is 22.5 Å². The van der Waals surface area contributed by atoms with Crippen LogP contribution < -0.4 is 10.7 Å². The molecule has 0 unspecified atom stereocenters. The fraction of sp³-hybridized carbons (Fsp3) is 0.250. The minimum Gasteiger partial charge on any atom is -0.345 e. The van der Waals surface area contributed by atoms with Gasteiger partial charge in [0.15, 0.2) is 0 Å². The van der Waals surface area contributed by atoms with Crippen LogP contribution in [0.4, 0.5) is 0 Å². The van der Waals surface area contributed by atoms with E-state index < -0.39 is 0 Å². The van der Waals surface area contributed by atoms with Crippen molar-refractivity contribution in [2.75, 3.05) is 0 Å². The molecule has 0 saturated carbocycles. The number of amides is 2. The number of carbonyl (C=O) groups excluding carboxylic acids is 2. The molecule has 2 amide bonds. The number of hydrogen-bond donors (Lipinski definition) is 2. The first-order chi connectivity index (χ1) is 11.1. The summed E-state index contributed by atoms with van der Waals surface area (Å²) in [7, 11) is 0. The molecule has 1 aromatic carbocycles. The monoisotopic (exact) mass is 328 g/mol. The molecule has 1 aliphatic rings. The summed E-state index contributed by atoms with van der Waals surface area (Å²) >= 11 is 1.55. The SMILES string of the molecule is Cc1ccccc1-c1nc(CNC(=O)C2=NNC(=O)CC2)cs1. The van der Waals surface area contributed by atoms with E-state index in [0.717, 1.165) is 16.3 Å². The Morgan fingerprint density at radius 2 is 2.17 bits per heavy atom. The van der Waals surface area contributed by atoms with Crippen LogP contribution in [0.1, 0.15) is 24.1 Å². The molecule has 1 aromatic heterocycles. The maximum absolute atomic E-state index is 12.0. The Hall–Kier alpha value is -2.54. The van der Waals surface area contributed by atoms with E-state index in [4.69, 9.17) is 0 Å². The van der Waals surface area contributed by atoms with Gasteiger partial charge in [-0.25, -0.2) is 10.4 Å². The van der Waals surface area contributed by atoms with Crippen molar-refractivity contribution in [3.63, 3.8) is 0 Å². The van der Waals surface area contributed by atoms with E-state index >= 15 is 0 Å². The summed E-state index contributed by atoms with van der Waals surface area (Å²) in [5.74, 6) is -0.431. The Morgan fingerprint density at radius 1 is 1.35 bits per heavy atom. The fourth-order valence-corrected chi connectivity index (χ4v) is 3.15. The molecule has 0 fully saturated rings. The second kappa shape index (κ2) is 6.70. The first-order valence-electron chi connectivity index (χ1n) is 7.27. The van der Waals surface area contributed by atoms with E-state index in [0.29, 0.717) is 25.1 Å². The van der Waals surface area contributed by atoms with Gasteiger partial charge in [-0.15, -0.1) is 11.3 Å². The highest BCUT2D eigenvalue weighted by atomic mass is 32.1. The number of benzene rings is 1. The Bertz CT molecular complexity index is 782. The average molecular weight is 328 g/mol. The summed E-state index contributed by atoms with van der Waals surface area (Å²) in [6, 6.07) is 8.07. The molecule has 118 valence electrons. The lowest BCUT2D eigenvalue weighted by Crippen LogP contribution is -2.36. The summed E-state index contributed by atoms with van der Waals surface area (Å²) in [6.45, 7) is 2.39. The van der Waals surface area contributed by atoms with E-state index in [-0.39, 0.29) is 11.8 Å². The van der Waals surface area contributed by atoms with Crippen molar-refractivity contribution >= 4 is 28.9 Å². The third kappa shape index (κ3) is 3.62. The van der Waals surface area contributed by atoms with E-state index in [1.165, 1.54) is 5.56 Å². The molecule has 2 N–H and O–H groups in total. The molecule has 3 rings (SSSR count). The van der Waals surface area contributed by atoms with Crippen LogP contribution in [0.3, 0.4) is 0 Å². The van der Waals surface area contributed by atoms with Crippen molar-refractivity contribution in [1.29, 1.82) is 0 Å². The molecule has 2 aromatic rings. The van der Waals surface area contributed by atoms with Crippen molar-refractivity contribution in [3.8, 4) is 10.6 Å². The van der Waals surface area contributed by atoms with Gasteiger partial charge in [0.2, 0.25) is 5.91 Å². The summed E-state index contributed by atoms with van der Waals surface area (Å²) in [4.78, 5) is 27.6. The number of thiazole rings is 1. The number of aryl methyl sites for hydroxylation is 1. The van der Waals surface area contributed by atoms with Crippen molar-refractivity contribution in [3.05, 3.63) is 40.9 Å². The Balaban J connectivity index is 1.63. The number of carbonyl (C=O) groups is 2. The van der Waals surface area contributed by atoms with Crippen LogP contribution in [-0.2, 0) is 16.1 Å². The minimum absolute atomic E-state index is 0.163. The van der Waals surface area contributed by atoms with Gasteiger partial charge in [-0.3, -0.25) is 9.59 Å². The molecular weight excluding hydrogens is 312 g/mol. The summed E-state index contributed by atoms with van der Waals surface area (Å²) in [6.07, 6.45) is 0.656. The molecule has 2 heterocycles. The van der Waals surface area contributed by atoms with Crippen LogP contribution in [0.5, 0.6) is 0 Å². The highest BCUT2D eigenvalue weighted by Gasteiger charge is 2.18. The van der Waals surface area contributed by atoms with Crippen LogP contribution in [0.2, 0.25) is 0 Å². The lowest BCUT2D eigenvalue weighted by molar-refractivity contribution is -0.121. The number of nitrogens with zero attached hydrogens (tertiary/aromatic N) is 2. The van der Waals surface area contributed by atoms with Gasteiger partial charge in [-0.05, 0) is 12.5 Å². The first kappa shape index (κ1) is 15.4. The molecule has 0 bridgehead atoms. The smallest absolute Gasteiger partial charge is 0.267 e. The van der Waals surface area contributed by atoms with Crippen LogP contribution in [0, 0.1) is 6.92 Å². The molecule has 0 radical (unpaired) electrons. The van der Waals surface area contributed by atoms with Gasteiger partial charge in [0.1, 0.15) is 10.7 Å². The number of hydrogen-bond acceptors (Lipinski definition) is 5. The largest absolute Gasteiger partial charge is 0.345 e.